The van der Waals surface area contributed by atoms with E-state index in [0.29, 0.717) is 25.9 Å². The van der Waals surface area contributed by atoms with Gasteiger partial charge in [0.05, 0.1) is 11.2 Å². The minimum Gasteiger partial charge on any atom is -0.390 e. The number of hydrogen-bond acceptors (Lipinski definition) is 2. The Morgan fingerprint density at radius 2 is 2.11 bits per heavy atom. The number of hydrogen-bond donors (Lipinski definition) is 1. The summed E-state index contributed by atoms with van der Waals surface area (Å²) in [6.07, 6.45) is 1.95. The van der Waals surface area contributed by atoms with Crippen LogP contribution < -0.4 is 0 Å². The van der Waals surface area contributed by atoms with E-state index < -0.39 is 11.4 Å². The first-order valence-corrected chi connectivity index (χ1v) is 6.67. The standard InChI is InChI=1S/C15H20FNO2/c1-11-4-5-12(13(16)10-11)14(18)17-8-3-6-15(2,19)7-9-17/h4-5,10,19H,3,6-9H2,1-2H3. The normalized spacial score (nSPS) is 24.1. The van der Waals surface area contributed by atoms with E-state index in [9.17, 15) is 14.3 Å². The van der Waals surface area contributed by atoms with Crippen LogP contribution in [0.4, 0.5) is 4.39 Å². The molecule has 1 aromatic rings. The summed E-state index contributed by atoms with van der Waals surface area (Å²) in [6.45, 7) is 4.62. The minimum absolute atomic E-state index is 0.118. The lowest BCUT2D eigenvalue weighted by atomic mass is 9.98. The first-order chi connectivity index (χ1) is 8.89. The molecular formula is C15H20FNO2. The highest BCUT2D eigenvalue weighted by atomic mass is 19.1. The van der Waals surface area contributed by atoms with E-state index in [1.54, 1.807) is 24.8 Å². The Hall–Kier alpha value is -1.42. The van der Waals surface area contributed by atoms with Crippen molar-refractivity contribution in [3.05, 3.63) is 35.1 Å². The molecule has 1 aliphatic rings. The molecule has 4 heteroatoms. The predicted molar refractivity (Wildman–Crippen MR) is 71.5 cm³/mol. The zero-order chi connectivity index (χ0) is 14.0. The Labute approximate surface area is 113 Å². The molecule has 1 aliphatic heterocycles. The van der Waals surface area contributed by atoms with Crippen LogP contribution in [0.25, 0.3) is 0 Å². The molecule has 0 saturated carbocycles. The second kappa shape index (κ2) is 5.29. The number of halogens is 1. The second-order valence-electron chi connectivity index (χ2n) is 5.63. The molecule has 2 rings (SSSR count). The van der Waals surface area contributed by atoms with Gasteiger partial charge in [-0.25, -0.2) is 4.39 Å². The number of benzene rings is 1. The van der Waals surface area contributed by atoms with Gasteiger partial charge in [-0.15, -0.1) is 0 Å². The Balaban J connectivity index is 2.15. The van der Waals surface area contributed by atoms with Crippen molar-refractivity contribution in [3.63, 3.8) is 0 Å². The average molecular weight is 265 g/mol. The van der Waals surface area contributed by atoms with Gasteiger partial charge in [-0.1, -0.05) is 6.07 Å². The van der Waals surface area contributed by atoms with E-state index in [1.165, 1.54) is 12.1 Å². The Kier molecular flexibility index (Phi) is 3.90. The summed E-state index contributed by atoms with van der Waals surface area (Å²) in [6, 6.07) is 4.65. The highest BCUT2D eigenvalue weighted by Gasteiger charge is 2.28. The first-order valence-electron chi connectivity index (χ1n) is 6.67. The molecule has 1 N–H and O–H groups in total. The third-order valence-electron chi connectivity index (χ3n) is 3.71. The van der Waals surface area contributed by atoms with Crippen molar-refractivity contribution in [2.24, 2.45) is 0 Å². The van der Waals surface area contributed by atoms with Crippen molar-refractivity contribution in [3.8, 4) is 0 Å². The zero-order valence-electron chi connectivity index (χ0n) is 11.4. The molecular weight excluding hydrogens is 245 g/mol. The Morgan fingerprint density at radius 1 is 1.37 bits per heavy atom. The predicted octanol–water partition coefficient (Wildman–Crippen LogP) is 2.51. The molecule has 0 aromatic heterocycles. The van der Waals surface area contributed by atoms with Crippen molar-refractivity contribution in [2.75, 3.05) is 13.1 Å². The number of rotatable bonds is 1. The summed E-state index contributed by atoms with van der Waals surface area (Å²) in [5.74, 6) is -0.754. The fourth-order valence-electron chi connectivity index (χ4n) is 2.43. The van der Waals surface area contributed by atoms with Crippen LogP contribution in [0.3, 0.4) is 0 Å². The molecule has 0 bridgehead atoms. The van der Waals surface area contributed by atoms with Crippen LogP contribution in [0.1, 0.15) is 42.1 Å². The topological polar surface area (TPSA) is 40.5 Å². The fraction of sp³-hybridized carbons (Fsp3) is 0.533. The summed E-state index contributed by atoms with van der Waals surface area (Å²) >= 11 is 0. The third kappa shape index (κ3) is 3.32. The number of carbonyl (C=O) groups is 1. The summed E-state index contributed by atoms with van der Waals surface area (Å²) < 4.78 is 13.8. The molecule has 0 aliphatic carbocycles. The Morgan fingerprint density at radius 3 is 2.79 bits per heavy atom. The molecule has 1 saturated heterocycles. The molecule has 3 nitrogen and oxygen atoms in total. The number of likely N-dealkylation sites (tertiary alicyclic amines) is 1. The zero-order valence-corrected chi connectivity index (χ0v) is 11.4. The van der Waals surface area contributed by atoms with Crippen molar-refractivity contribution in [2.45, 2.75) is 38.7 Å². The van der Waals surface area contributed by atoms with E-state index >= 15 is 0 Å². The Bertz CT molecular complexity index is 485. The number of carbonyl (C=O) groups excluding carboxylic acids is 1. The van der Waals surface area contributed by atoms with E-state index in [-0.39, 0.29) is 11.5 Å². The molecule has 104 valence electrons. The van der Waals surface area contributed by atoms with Gasteiger partial charge in [0.25, 0.3) is 5.91 Å². The molecule has 1 fully saturated rings. The average Bonchev–Trinajstić information content (AvgIpc) is 2.49. The van der Waals surface area contributed by atoms with Crippen LogP contribution in [0, 0.1) is 12.7 Å². The van der Waals surface area contributed by atoms with Gasteiger partial charge in [0, 0.05) is 13.1 Å². The third-order valence-corrected chi connectivity index (χ3v) is 3.71. The molecule has 0 radical (unpaired) electrons. The van der Waals surface area contributed by atoms with Crippen LogP contribution in [0.5, 0.6) is 0 Å². The van der Waals surface area contributed by atoms with Crippen molar-refractivity contribution < 1.29 is 14.3 Å². The van der Waals surface area contributed by atoms with Crippen molar-refractivity contribution in [1.29, 1.82) is 0 Å². The smallest absolute Gasteiger partial charge is 0.256 e. The monoisotopic (exact) mass is 265 g/mol. The van der Waals surface area contributed by atoms with Crippen LogP contribution in [-0.2, 0) is 0 Å². The maximum absolute atomic E-state index is 13.8. The summed E-state index contributed by atoms with van der Waals surface area (Å²) in [7, 11) is 0. The molecule has 0 spiro atoms. The lowest BCUT2D eigenvalue weighted by Crippen LogP contribution is -2.34. The quantitative estimate of drug-likeness (QED) is 0.847. The lowest BCUT2D eigenvalue weighted by Gasteiger charge is -2.22. The highest BCUT2D eigenvalue weighted by molar-refractivity contribution is 5.94. The van der Waals surface area contributed by atoms with Crippen LogP contribution in [0.2, 0.25) is 0 Å². The molecule has 1 heterocycles. The lowest BCUT2D eigenvalue weighted by molar-refractivity contribution is 0.0437. The summed E-state index contributed by atoms with van der Waals surface area (Å²) in [5, 5.41) is 10.0. The van der Waals surface area contributed by atoms with Crippen LogP contribution >= 0.6 is 0 Å². The van der Waals surface area contributed by atoms with Gasteiger partial charge in [0.15, 0.2) is 0 Å². The van der Waals surface area contributed by atoms with E-state index in [2.05, 4.69) is 0 Å². The van der Waals surface area contributed by atoms with Gasteiger partial charge < -0.3 is 10.0 Å². The number of nitrogens with zero attached hydrogens (tertiary/aromatic N) is 1. The van der Waals surface area contributed by atoms with Gasteiger partial charge in [-0.3, -0.25) is 4.79 Å². The molecule has 1 amide bonds. The maximum Gasteiger partial charge on any atom is 0.256 e. The van der Waals surface area contributed by atoms with Gasteiger partial charge in [0.2, 0.25) is 0 Å². The molecule has 1 unspecified atom stereocenters. The van der Waals surface area contributed by atoms with Crippen molar-refractivity contribution >= 4 is 5.91 Å². The summed E-state index contributed by atoms with van der Waals surface area (Å²) in [5.41, 5.74) is 0.195. The van der Waals surface area contributed by atoms with Crippen molar-refractivity contribution in [1.82, 2.24) is 4.90 Å². The van der Waals surface area contributed by atoms with Gasteiger partial charge in [0.1, 0.15) is 5.82 Å². The molecule has 19 heavy (non-hydrogen) atoms. The van der Waals surface area contributed by atoms with E-state index in [1.807, 2.05) is 0 Å². The largest absolute Gasteiger partial charge is 0.390 e. The number of amides is 1. The summed E-state index contributed by atoms with van der Waals surface area (Å²) in [4.78, 5) is 13.9. The fourth-order valence-corrected chi connectivity index (χ4v) is 2.43. The molecule has 1 atom stereocenters. The van der Waals surface area contributed by atoms with E-state index in [0.717, 1.165) is 12.0 Å². The number of aliphatic hydroxyl groups is 1. The SMILES string of the molecule is Cc1ccc(C(=O)N2CCCC(C)(O)CC2)c(F)c1. The van der Waals surface area contributed by atoms with Gasteiger partial charge in [-0.2, -0.15) is 0 Å². The maximum atomic E-state index is 13.8. The van der Waals surface area contributed by atoms with Crippen LogP contribution in [-0.4, -0.2) is 34.6 Å². The van der Waals surface area contributed by atoms with E-state index in [4.69, 9.17) is 0 Å². The van der Waals surface area contributed by atoms with Gasteiger partial charge in [-0.05, 0) is 50.8 Å². The second-order valence-corrected chi connectivity index (χ2v) is 5.63. The van der Waals surface area contributed by atoms with Gasteiger partial charge >= 0.3 is 0 Å². The van der Waals surface area contributed by atoms with Crippen LogP contribution in [0.15, 0.2) is 18.2 Å². The number of aryl methyl sites for hydroxylation is 1. The molecule has 1 aromatic carbocycles. The first kappa shape index (κ1) is 14.0. The minimum atomic E-state index is -0.721. The highest BCUT2D eigenvalue weighted by Crippen LogP contribution is 2.23.